The van der Waals surface area contributed by atoms with Gasteiger partial charge in [-0.1, -0.05) is 23.5 Å². The Morgan fingerprint density at radius 3 is 2.39 bits per heavy atom. The molecule has 0 atom stereocenters. The molecule has 0 bridgehead atoms. The summed E-state index contributed by atoms with van der Waals surface area (Å²) in [4.78, 5) is 20.4. The molecular weight excluding hydrogens is 636 g/mol. The van der Waals surface area contributed by atoms with Crippen LogP contribution in [0.5, 0.6) is 5.88 Å². The van der Waals surface area contributed by atoms with Gasteiger partial charge < -0.3 is 19.6 Å². The number of benzene rings is 2. The fourth-order valence-electron chi connectivity index (χ4n) is 5.20. The predicted molar refractivity (Wildman–Crippen MR) is 163 cm³/mol. The summed E-state index contributed by atoms with van der Waals surface area (Å²) in [5, 5.41) is 18.8. The maximum absolute atomic E-state index is 14.1. The van der Waals surface area contributed by atoms with E-state index < -0.39 is 46.6 Å². The highest BCUT2D eigenvalue weighted by Gasteiger charge is 2.38. The summed E-state index contributed by atoms with van der Waals surface area (Å²) in [6.45, 7) is 6.22. The van der Waals surface area contributed by atoms with Crippen molar-refractivity contribution in [2.75, 3.05) is 25.0 Å². The van der Waals surface area contributed by atoms with E-state index in [0.717, 1.165) is 23.5 Å². The summed E-state index contributed by atoms with van der Waals surface area (Å²) in [6.07, 6.45) is -6.70. The monoisotopic (exact) mass is 667 g/mol. The number of likely N-dealkylation sites (tertiary alicyclic amines) is 1. The van der Waals surface area contributed by atoms with Gasteiger partial charge in [-0.25, -0.2) is 4.79 Å². The van der Waals surface area contributed by atoms with E-state index in [1.54, 1.807) is 50.9 Å². The average molecular weight is 668 g/mol. The first-order valence-electron chi connectivity index (χ1n) is 14.3. The first kappa shape index (κ1) is 33.1. The molecule has 8 nitrogen and oxygen atoms in total. The summed E-state index contributed by atoms with van der Waals surface area (Å²) in [5.41, 5.74) is -2.87. The molecule has 15 heteroatoms. The SMILES string of the molecule is CN(c1nc(O)c(C(=Cc2ccc(C(F)(F)F)cc2C(F)(F)F)c2ccc3[nH]ncc3c2)s1)C1CCN(C(=O)OC(C)(C)C)CC1. The molecule has 1 aliphatic rings. The Labute approximate surface area is 264 Å². The second-order valence-electron chi connectivity index (χ2n) is 12.0. The lowest BCUT2D eigenvalue weighted by molar-refractivity contribution is -0.143. The Bertz CT molecular complexity index is 1760. The number of rotatable bonds is 5. The first-order chi connectivity index (χ1) is 21.4. The first-order valence-corrected chi connectivity index (χ1v) is 15.1. The third kappa shape index (κ3) is 7.24. The molecule has 0 aliphatic carbocycles. The van der Waals surface area contributed by atoms with Gasteiger partial charge in [0.25, 0.3) is 0 Å². The zero-order valence-corrected chi connectivity index (χ0v) is 26.1. The summed E-state index contributed by atoms with van der Waals surface area (Å²) in [7, 11) is 1.77. The summed E-state index contributed by atoms with van der Waals surface area (Å²) < 4.78 is 87.8. The number of alkyl halides is 6. The molecular formula is C31H31F6N5O3S. The van der Waals surface area contributed by atoms with Gasteiger partial charge in [-0.05, 0) is 75.1 Å². The lowest BCUT2D eigenvalue weighted by Crippen LogP contribution is -2.47. The van der Waals surface area contributed by atoms with Crippen molar-refractivity contribution >= 4 is 45.1 Å². The summed E-state index contributed by atoms with van der Waals surface area (Å²) in [5.74, 6) is -0.447. The third-order valence-corrected chi connectivity index (χ3v) is 8.71. The molecule has 1 amide bonds. The number of aromatic hydroxyl groups is 1. The van der Waals surface area contributed by atoms with Gasteiger partial charge in [-0.15, -0.1) is 0 Å². The van der Waals surface area contributed by atoms with Crippen molar-refractivity contribution < 1.29 is 41.0 Å². The predicted octanol–water partition coefficient (Wildman–Crippen LogP) is 8.19. The molecule has 2 N–H and O–H groups in total. The van der Waals surface area contributed by atoms with Gasteiger partial charge in [0.05, 0.1) is 22.8 Å². The zero-order valence-electron chi connectivity index (χ0n) is 25.3. The van der Waals surface area contributed by atoms with Gasteiger partial charge in [0.2, 0.25) is 5.88 Å². The van der Waals surface area contributed by atoms with Crippen molar-refractivity contribution in [1.82, 2.24) is 20.1 Å². The normalized spacial score (nSPS) is 15.4. The molecule has 5 rings (SSSR count). The highest BCUT2D eigenvalue weighted by atomic mass is 32.1. The van der Waals surface area contributed by atoms with Gasteiger partial charge in [-0.2, -0.15) is 36.4 Å². The molecule has 0 radical (unpaired) electrons. The van der Waals surface area contributed by atoms with Gasteiger partial charge >= 0.3 is 18.4 Å². The number of ether oxygens (including phenoxy) is 1. The van der Waals surface area contributed by atoms with E-state index in [0.29, 0.717) is 53.6 Å². The van der Waals surface area contributed by atoms with Gasteiger partial charge in [0, 0.05) is 37.1 Å². The number of nitrogens with zero attached hydrogens (tertiary/aromatic N) is 4. The van der Waals surface area contributed by atoms with Gasteiger partial charge in [-0.3, -0.25) is 5.10 Å². The number of carbonyl (C=O) groups is 1. The van der Waals surface area contributed by atoms with Gasteiger partial charge in [0.1, 0.15) is 10.5 Å². The van der Waals surface area contributed by atoms with Gasteiger partial charge in [0.15, 0.2) is 5.13 Å². The number of amides is 1. The van der Waals surface area contributed by atoms with Crippen molar-refractivity contribution in [3.63, 3.8) is 0 Å². The summed E-state index contributed by atoms with van der Waals surface area (Å²) in [6, 6.07) is 6.29. The molecule has 2 aromatic carbocycles. The van der Waals surface area contributed by atoms with E-state index in [2.05, 4.69) is 15.2 Å². The Morgan fingerprint density at radius 2 is 1.76 bits per heavy atom. The molecule has 2 aromatic heterocycles. The number of piperidine rings is 1. The van der Waals surface area contributed by atoms with Crippen LogP contribution in [0, 0.1) is 0 Å². The highest BCUT2D eigenvalue weighted by Crippen LogP contribution is 2.43. The van der Waals surface area contributed by atoms with Crippen LogP contribution < -0.4 is 4.90 Å². The van der Waals surface area contributed by atoms with Crippen LogP contribution in [0.3, 0.4) is 0 Å². The van der Waals surface area contributed by atoms with E-state index in [9.17, 15) is 36.2 Å². The number of aromatic nitrogens is 3. The van der Waals surface area contributed by atoms with Crippen LogP contribution in [0.2, 0.25) is 0 Å². The molecule has 0 unspecified atom stereocenters. The van der Waals surface area contributed by atoms with Crippen molar-refractivity contribution in [2.45, 2.75) is 57.6 Å². The Hall–Kier alpha value is -4.27. The lowest BCUT2D eigenvalue weighted by atomic mass is 9.96. The maximum Gasteiger partial charge on any atom is 0.417 e. The van der Waals surface area contributed by atoms with Crippen molar-refractivity contribution in [2.24, 2.45) is 0 Å². The van der Waals surface area contributed by atoms with Crippen LogP contribution in [-0.2, 0) is 17.1 Å². The van der Waals surface area contributed by atoms with Crippen molar-refractivity contribution in [1.29, 1.82) is 0 Å². The maximum atomic E-state index is 14.1. The lowest BCUT2D eigenvalue weighted by Gasteiger charge is -2.37. The fraction of sp³-hybridized carbons (Fsp3) is 0.387. The molecule has 46 heavy (non-hydrogen) atoms. The number of carbonyl (C=O) groups excluding carboxylic acids is 1. The minimum atomic E-state index is -5.10. The number of nitrogens with one attached hydrogen (secondary N) is 1. The molecule has 0 saturated carbocycles. The standard InChI is InChI=1S/C31H31F6N5O3S/c1-29(2,3)45-28(44)42-11-9-21(10-12-42)41(4)27-39-26(43)25(46-27)22(17-6-8-24-19(13-17)16-38-40-24)14-18-5-7-20(30(32,33)34)15-23(18)31(35,36)37/h5-8,13-16,21,43H,9-12H2,1-4H3,(H,38,40). The summed E-state index contributed by atoms with van der Waals surface area (Å²) >= 11 is 1.03. The van der Waals surface area contributed by atoms with Crippen LogP contribution in [0.1, 0.15) is 60.7 Å². The minimum absolute atomic E-state index is 0.0708. The Morgan fingerprint density at radius 1 is 1.07 bits per heavy atom. The van der Waals surface area contributed by atoms with Crippen LogP contribution in [0.25, 0.3) is 22.6 Å². The van der Waals surface area contributed by atoms with E-state index in [-0.39, 0.29) is 22.6 Å². The topological polar surface area (TPSA) is 94.6 Å². The van der Waals surface area contributed by atoms with Crippen molar-refractivity contribution in [3.05, 3.63) is 69.7 Å². The zero-order chi connectivity index (χ0) is 33.6. The van der Waals surface area contributed by atoms with E-state index in [4.69, 9.17) is 4.74 Å². The van der Waals surface area contributed by atoms with Crippen molar-refractivity contribution in [3.8, 4) is 5.88 Å². The smallest absolute Gasteiger partial charge is 0.417 e. The molecule has 4 aromatic rings. The number of hydrogen-bond donors (Lipinski definition) is 2. The number of aromatic amines is 1. The number of H-pyrrole nitrogens is 1. The third-order valence-electron chi connectivity index (χ3n) is 7.55. The quantitative estimate of drug-likeness (QED) is 0.165. The number of fused-ring (bicyclic) bond motifs is 1. The van der Waals surface area contributed by atoms with E-state index in [1.165, 1.54) is 6.20 Å². The molecule has 3 heterocycles. The van der Waals surface area contributed by atoms with E-state index >= 15 is 0 Å². The van der Waals surface area contributed by atoms with E-state index in [1.807, 2.05) is 4.90 Å². The Balaban J connectivity index is 1.52. The fourth-order valence-corrected chi connectivity index (χ4v) is 6.23. The Kier molecular flexibility index (Phi) is 8.75. The van der Waals surface area contributed by atoms with Crippen LogP contribution >= 0.6 is 11.3 Å². The molecule has 1 fully saturated rings. The second kappa shape index (κ2) is 12.2. The number of halogens is 6. The largest absolute Gasteiger partial charge is 0.492 e. The van der Waals surface area contributed by atoms with Crippen LogP contribution in [-0.4, -0.2) is 63.1 Å². The number of thiazole rings is 1. The molecule has 1 aliphatic heterocycles. The number of hydrogen-bond acceptors (Lipinski definition) is 7. The average Bonchev–Trinajstić information content (AvgIpc) is 3.59. The number of anilines is 1. The van der Waals surface area contributed by atoms with Crippen LogP contribution in [0.4, 0.5) is 36.3 Å². The molecule has 246 valence electrons. The molecule has 0 spiro atoms. The minimum Gasteiger partial charge on any atom is -0.492 e. The highest BCUT2D eigenvalue weighted by molar-refractivity contribution is 7.17. The van der Waals surface area contributed by atoms with Crippen LogP contribution in [0.15, 0.2) is 42.6 Å². The molecule has 1 saturated heterocycles. The second-order valence-corrected chi connectivity index (χ2v) is 13.0.